The van der Waals surface area contributed by atoms with Crippen LogP contribution in [0.2, 0.25) is 5.02 Å². The van der Waals surface area contributed by atoms with Gasteiger partial charge in [-0.2, -0.15) is 0 Å². The molecule has 0 aliphatic carbocycles. The first-order valence-electron chi connectivity index (χ1n) is 3.03. The van der Waals surface area contributed by atoms with Crippen molar-refractivity contribution in [3.05, 3.63) is 22.5 Å². The highest BCUT2D eigenvalue weighted by molar-refractivity contribution is 6.33. The monoisotopic (exact) mass is 174 g/mol. The summed E-state index contributed by atoms with van der Waals surface area (Å²) in [6, 6.07) is 1.16. The zero-order chi connectivity index (χ0) is 8.59. The SMILES string of the molecule is Cc1c(F)cc(Cl)c(N)c1N. The molecule has 2 nitrogen and oxygen atoms in total. The summed E-state index contributed by atoms with van der Waals surface area (Å²) in [5.74, 6) is -0.429. The molecule has 0 aromatic heterocycles. The maximum Gasteiger partial charge on any atom is 0.129 e. The largest absolute Gasteiger partial charge is 0.397 e. The average molecular weight is 175 g/mol. The molecule has 4 N–H and O–H groups in total. The van der Waals surface area contributed by atoms with Crippen LogP contribution in [0.1, 0.15) is 5.56 Å². The second kappa shape index (κ2) is 2.58. The molecule has 11 heavy (non-hydrogen) atoms. The fourth-order valence-corrected chi connectivity index (χ4v) is 0.954. The summed E-state index contributed by atoms with van der Waals surface area (Å²) < 4.78 is 12.8. The molecule has 0 saturated carbocycles. The molecule has 0 aliphatic rings. The van der Waals surface area contributed by atoms with Gasteiger partial charge in [-0.05, 0) is 13.0 Å². The quantitative estimate of drug-likeness (QED) is 0.591. The number of benzene rings is 1. The summed E-state index contributed by atoms with van der Waals surface area (Å²) >= 11 is 5.55. The maximum atomic E-state index is 12.8. The number of nitrogens with two attached hydrogens (primary N) is 2. The Labute approximate surface area is 68.9 Å². The summed E-state index contributed by atoms with van der Waals surface area (Å²) in [6.45, 7) is 1.55. The van der Waals surface area contributed by atoms with Gasteiger partial charge in [0.15, 0.2) is 0 Å². The van der Waals surface area contributed by atoms with E-state index >= 15 is 0 Å². The lowest BCUT2D eigenvalue weighted by Crippen LogP contribution is -2.00. The van der Waals surface area contributed by atoms with Crippen LogP contribution in [0.3, 0.4) is 0 Å². The second-order valence-corrected chi connectivity index (χ2v) is 2.70. The minimum Gasteiger partial charge on any atom is -0.397 e. The van der Waals surface area contributed by atoms with E-state index in [2.05, 4.69) is 0 Å². The van der Waals surface area contributed by atoms with Crippen LogP contribution >= 0.6 is 11.6 Å². The van der Waals surface area contributed by atoms with Crippen LogP contribution in [0.15, 0.2) is 6.07 Å². The highest BCUT2D eigenvalue weighted by Gasteiger charge is 2.08. The van der Waals surface area contributed by atoms with Crippen molar-refractivity contribution in [2.75, 3.05) is 11.5 Å². The third kappa shape index (κ3) is 1.24. The number of anilines is 2. The van der Waals surface area contributed by atoms with E-state index in [9.17, 15) is 4.39 Å². The second-order valence-electron chi connectivity index (χ2n) is 2.29. The summed E-state index contributed by atoms with van der Waals surface area (Å²) in [4.78, 5) is 0. The standard InChI is InChI=1S/C7H8ClFN2/c1-3-5(9)2-4(8)7(11)6(3)10/h2H,10-11H2,1H3. The third-order valence-corrected chi connectivity index (χ3v) is 1.88. The molecule has 4 heteroatoms. The third-order valence-electron chi connectivity index (χ3n) is 1.56. The number of rotatable bonds is 0. The fourth-order valence-electron chi connectivity index (χ4n) is 0.757. The van der Waals surface area contributed by atoms with Gasteiger partial charge in [0.1, 0.15) is 5.82 Å². The maximum absolute atomic E-state index is 12.8. The molecule has 0 unspecified atom stereocenters. The van der Waals surface area contributed by atoms with Crippen molar-refractivity contribution in [1.29, 1.82) is 0 Å². The summed E-state index contributed by atoms with van der Waals surface area (Å²) in [6.07, 6.45) is 0. The molecular formula is C7H8ClFN2. The van der Waals surface area contributed by atoms with Crippen LogP contribution in [0.4, 0.5) is 15.8 Å². The molecule has 0 fully saturated rings. The number of hydrogen-bond acceptors (Lipinski definition) is 2. The van der Waals surface area contributed by atoms with Crippen LogP contribution in [-0.4, -0.2) is 0 Å². The van der Waals surface area contributed by atoms with Gasteiger partial charge in [-0.25, -0.2) is 4.39 Å². The van der Waals surface area contributed by atoms with E-state index in [1.54, 1.807) is 6.92 Å². The Morgan fingerprint density at radius 1 is 1.36 bits per heavy atom. The van der Waals surface area contributed by atoms with Gasteiger partial charge in [-0.3, -0.25) is 0 Å². The van der Waals surface area contributed by atoms with E-state index in [4.69, 9.17) is 23.1 Å². The van der Waals surface area contributed by atoms with Crippen LogP contribution < -0.4 is 11.5 Å². The molecule has 60 valence electrons. The van der Waals surface area contributed by atoms with Gasteiger partial charge in [-0.15, -0.1) is 0 Å². The van der Waals surface area contributed by atoms with E-state index in [1.165, 1.54) is 0 Å². The summed E-state index contributed by atoms with van der Waals surface area (Å²) in [7, 11) is 0. The van der Waals surface area contributed by atoms with Gasteiger partial charge in [0.2, 0.25) is 0 Å². The number of halogens is 2. The van der Waals surface area contributed by atoms with Crippen LogP contribution in [0.5, 0.6) is 0 Å². The van der Waals surface area contributed by atoms with Crippen molar-refractivity contribution in [2.45, 2.75) is 6.92 Å². The Kier molecular flexibility index (Phi) is 1.91. The van der Waals surface area contributed by atoms with Gasteiger partial charge in [0.25, 0.3) is 0 Å². The van der Waals surface area contributed by atoms with Crippen molar-refractivity contribution in [1.82, 2.24) is 0 Å². The molecular weight excluding hydrogens is 167 g/mol. The zero-order valence-electron chi connectivity index (χ0n) is 5.99. The van der Waals surface area contributed by atoms with Gasteiger partial charge >= 0.3 is 0 Å². The lowest BCUT2D eigenvalue weighted by Gasteiger charge is -2.06. The first-order valence-corrected chi connectivity index (χ1v) is 3.41. The molecule has 0 heterocycles. The summed E-state index contributed by atoms with van der Waals surface area (Å²) in [5, 5.41) is 0.158. The highest BCUT2D eigenvalue weighted by Crippen LogP contribution is 2.29. The highest BCUT2D eigenvalue weighted by atomic mass is 35.5. The Morgan fingerprint density at radius 2 is 1.91 bits per heavy atom. The Hall–Kier alpha value is -0.960. The van der Waals surface area contributed by atoms with Crippen LogP contribution in [0, 0.1) is 12.7 Å². The molecule has 0 radical (unpaired) electrons. The molecule has 1 rings (SSSR count). The van der Waals surface area contributed by atoms with Crippen molar-refractivity contribution >= 4 is 23.0 Å². The van der Waals surface area contributed by atoms with Gasteiger partial charge in [0.05, 0.1) is 16.4 Å². The molecule has 0 spiro atoms. The average Bonchev–Trinajstić information content (AvgIpc) is 1.97. The fraction of sp³-hybridized carbons (Fsp3) is 0.143. The Balaban J connectivity index is 3.46. The molecule has 0 saturated heterocycles. The van der Waals surface area contributed by atoms with E-state index in [0.717, 1.165) is 6.07 Å². The first-order chi connectivity index (χ1) is 5.04. The van der Waals surface area contributed by atoms with Gasteiger partial charge in [0, 0.05) is 5.56 Å². The van der Waals surface area contributed by atoms with Crippen LogP contribution in [0.25, 0.3) is 0 Å². The van der Waals surface area contributed by atoms with Crippen molar-refractivity contribution < 1.29 is 4.39 Å². The summed E-state index contributed by atoms with van der Waals surface area (Å²) in [5.41, 5.74) is 11.7. The van der Waals surface area contributed by atoms with Gasteiger partial charge in [-0.1, -0.05) is 11.6 Å². The first kappa shape index (κ1) is 8.14. The number of nitrogen functional groups attached to an aromatic ring is 2. The lowest BCUT2D eigenvalue weighted by molar-refractivity contribution is 0.620. The molecule has 0 bridgehead atoms. The van der Waals surface area contributed by atoms with Crippen molar-refractivity contribution in [2.24, 2.45) is 0 Å². The normalized spacial score (nSPS) is 10.1. The predicted octanol–water partition coefficient (Wildman–Crippen LogP) is 1.95. The Morgan fingerprint density at radius 3 is 2.45 bits per heavy atom. The predicted molar refractivity (Wildman–Crippen MR) is 45.0 cm³/mol. The minimum absolute atomic E-state index is 0.158. The van der Waals surface area contributed by atoms with Crippen LogP contribution in [-0.2, 0) is 0 Å². The molecule has 0 amide bonds. The molecule has 1 aromatic carbocycles. The molecule has 0 aliphatic heterocycles. The van der Waals surface area contributed by atoms with E-state index in [1.807, 2.05) is 0 Å². The molecule has 0 atom stereocenters. The van der Waals surface area contributed by atoms with Crippen molar-refractivity contribution in [3.63, 3.8) is 0 Å². The lowest BCUT2D eigenvalue weighted by atomic mass is 10.1. The van der Waals surface area contributed by atoms with E-state index in [-0.39, 0.29) is 16.4 Å². The van der Waals surface area contributed by atoms with Crippen molar-refractivity contribution in [3.8, 4) is 0 Å². The zero-order valence-corrected chi connectivity index (χ0v) is 6.74. The van der Waals surface area contributed by atoms with E-state index in [0.29, 0.717) is 5.56 Å². The topological polar surface area (TPSA) is 52.0 Å². The molecule has 1 aromatic rings. The van der Waals surface area contributed by atoms with Gasteiger partial charge < -0.3 is 11.5 Å². The minimum atomic E-state index is -0.429. The Bertz CT molecular complexity index is 273. The smallest absolute Gasteiger partial charge is 0.129 e. The van der Waals surface area contributed by atoms with E-state index < -0.39 is 5.82 Å². The number of hydrogen-bond donors (Lipinski definition) is 2.